The van der Waals surface area contributed by atoms with Crippen molar-refractivity contribution in [2.24, 2.45) is 0 Å². The molecule has 4 rings (SSSR count). The lowest BCUT2D eigenvalue weighted by Crippen LogP contribution is -2.33. The molecule has 0 radical (unpaired) electrons. The third-order valence-corrected chi connectivity index (χ3v) is 5.15. The smallest absolute Gasteiger partial charge is 0.230 e. The van der Waals surface area contributed by atoms with Crippen LogP contribution in [0.15, 0.2) is 28.8 Å². The van der Waals surface area contributed by atoms with Crippen LogP contribution in [0.1, 0.15) is 61.2 Å². The molecule has 0 spiro atoms. The molecule has 25 heavy (non-hydrogen) atoms. The van der Waals surface area contributed by atoms with Crippen LogP contribution >= 0.6 is 0 Å². The zero-order valence-corrected chi connectivity index (χ0v) is 14.4. The number of carbonyl (C=O) groups is 1. The Morgan fingerprint density at radius 2 is 2.16 bits per heavy atom. The number of benzene rings is 1. The molecule has 132 valence electrons. The van der Waals surface area contributed by atoms with Gasteiger partial charge in [-0.2, -0.15) is 4.98 Å². The van der Waals surface area contributed by atoms with E-state index in [1.54, 1.807) is 7.11 Å². The summed E-state index contributed by atoms with van der Waals surface area (Å²) in [6, 6.07) is 8.40. The van der Waals surface area contributed by atoms with E-state index >= 15 is 0 Å². The number of ether oxygens (including phenoxy) is 1. The minimum absolute atomic E-state index is 0.0145. The number of nitrogens with zero attached hydrogens (tertiary/aromatic N) is 2. The number of hydrogen-bond donors (Lipinski definition) is 1. The van der Waals surface area contributed by atoms with Crippen LogP contribution in [0, 0.1) is 0 Å². The van der Waals surface area contributed by atoms with Crippen molar-refractivity contribution < 1.29 is 14.1 Å². The number of methoxy groups -OCH3 is 1. The molecule has 0 saturated heterocycles. The summed E-state index contributed by atoms with van der Waals surface area (Å²) in [6.45, 7) is 0. The largest absolute Gasteiger partial charge is 0.497 e. The number of aromatic nitrogens is 2. The zero-order chi connectivity index (χ0) is 17.2. The summed E-state index contributed by atoms with van der Waals surface area (Å²) in [5.74, 6) is 2.58. The van der Waals surface area contributed by atoms with Crippen LogP contribution in [-0.4, -0.2) is 29.2 Å². The van der Waals surface area contributed by atoms with Gasteiger partial charge in [0, 0.05) is 12.0 Å². The molecule has 1 N–H and O–H groups in total. The van der Waals surface area contributed by atoms with Crippen molar-refractivity contribution in [3.8, 4) is 5.75 Å². The fourth-order valence-electron chi connectivity index (χ4n) is 3.69. The predicted octanol–water partition coefficient (Wildman–Crippen LogP) is 2.95. The summed E-state index contributed by atoms with van der Waals surface area (Å²) in [5, 5.41) is 7.04. The van der Waals surface area contributed by atoms with Crippen molar-refractivity contribution in [2.45, 2.75) is 56.4 Å². The predicted molar refractivity (Wildman–Crippen MR) is 91.5 cm³/mol. The van der Waals surface area contributed by atoms with Crippen LogP contribution in [0.2, 0.25) is 0 Å². The Kier molecular flexibility index (Phi) is 4.42. The van der Waals surface area contributed by atoms with E-state index in [1.807, 2.05) is 12.1 Å². The highest BCUT2D eigenvalue weighted by Crippen LogP contribution is 2.54. The maximum atomic E-state index is 12.1. The molecular formula is C19H23N3O3. The molecule has 1 amide bonds. The first-order chi connectivity index (χ1) is 12.2. The van der Waals surface area contributed by atoms with Gasteiger partial charge in [-0.25, -0.2) is 0 Å². The summed E-state index contributed by atoms with van der Waals surface area (Å²) in [5.41, 5.74) is 1.23. The fraction of sp³-hybridized carbons (Fsp3) is 0.526. The highest BCUT2D eigenvalue weighted by atomic mass is 16.5. The molecule has 2 aliphatic carbocycles. The summed E-state index contributed by atoms with van der Waals surface area (Å²) in [4.78, 5) is 16.5. The van der Waals surface area contributed by atoms with Gasteiger partial charge in [-0.3, -0.25) is 4.79 Å². The van der Waals surface area contributed by atoms with Crippen LogP contribution < -0.4 is 10.1 Å². The van der Waals surface area contributed by atoms with Gasteiger partial charge in [0.15, 0.2) is 5.82 Å². The van der Waals surface area contributed by atoms with Gasteiger partial charge in [0.2, 0.25) is 11.8 Å². The summed E-state index contributed by atoms with van der Waals surface area (Å²) in [7, 11) is 1.67. The average molecular weight is 341 g/mol. The van der Waals surface area contributed by atoms with Crippen molar-refractivity contribution in [1.82, 2.24) is 15.5 Å². The van der Waals surface area contributed by atoms with Crippen molar-refractivity contribution in [1.29, 1.82) is 0 Å². The molecule has 2 atom stereocenters. The molecule has 1 aromatic carbocycles. The fourth-order valence-corrected chi connectivity index (χ4v) is 3.69. The van der Waals surface area contributed by atoms with Gasteiger partial charge in [-0.1, -0.05) is 30.1 Å². The van der Waals surface area contributed by atoms with Gasteiger partial charge in [-0.15, -0.1) is 0 Å². The monoisotopic (exact) mass is 341 g/mol. The Hall–Kier alpha value is -2.37. The molecule has 2 fully saturated rings. The van der Waals surface area contributed by atoms with E-state index < -0.39 is 0 Å². The number of nitrogens with one attached hydrogen (secondary N) is 1. The molecule has 6 heteroatoms. The Morgan fingerprint density at radius 1 is 1.32 bits per heavy atom. The second kappa shape index (κ2) is 6.86. The Morgan fingerprint density at radius 3 is 2.96 bits per heavy atom. The Bertz CT molecular complexity index is 752. The average Bonchev–Trinajstić information content (AvgIpc) is 3.00. The molecule has 2 aromatic rings. The molecule has 0 aliphatic heterocycles. The lowest BCUT2D eigenvalue weighted by atomic mass is 10.1. The highest BCUT2D eigenvalue weighted by Gasteiger charge is 2.43. The molecule has 1 aromatic heterocycles. The van der Waals surface area contributed by atoms with Crippen LogP contribution in [0.5, 0.6) is 5.75 Å². The molecule has 0 bridgehead atoms. The normalized spacial score (nSPS) is 22.8. The van der Waals surface area contributed by atoms with E-state index in [0.29, 0.717) is 23.7 Å². The first-order valence-corrected chi connectivity index (χ1v) is 8.98. The van der Waals surface area contributed by atoms with Crippen molar-refractivity contribution >= 4 is 5.91 Å². The van der Waals surface area contributed by atoms with Crippen molar-refractivity contribution in [3.05, 3.63) is 41.5 Å². The Balaban J connectivity index is 1.34. The highest BCUT2D eigenvalue weighted by molar-refractivity contribution is 5.78. The molecule has 2 aliphatic rings. The molecule has 1 heterocycles. The number of carbonyl (C=O) groups excluding carboxylic acids is 1. The molecule has 6 nitrogen and oxygen atoms in total. The third kappa shape index (κ3) is 3.67. The number of rotatable bonds is 6. The maximum Gasteiger partial charge on any atom is 0.230 e. The number of hydrogen-bond acceptors (Lipinski definition) is 5. The maximum absolute atomic E-state index is 12.1. The molecule has 0 unspecified atom stereocenters. The molecular weight excluding hydrogens is 318 g/mol. The quantitative estimate of drug-likeness (QED) is 0.874. The van der Waals surface area contributed by atoms with Crippen LogP contribution in [0.4, 0.5) is 0 Å². The van der Waals surface area contributed by atoms with E-state index in [1.165, 1.54) is 18.4 Å². The van der Waals surface area contributed by atoms with Crippen LogP contribution in [0.25, 0.3) is 0 Å². The van der Waals surface area contributed by atoms with Gasteiger partial charge in [0.05, 0.1) is 13.5 Å². The lowest BCUT2D eigenvalue weighted by Gasteiger charge is -2.10. The van der Waals surface area contributed by atoms with E-state index in [2.05, 4.69) is 27.6 Å². The molecule has 2 saturated carbocycles. The van der Waals surface area contributed by atoms with Gasteiger partial charge in [-0.05, 0) is 42.9 Å². The van der Waals surface area contributed by atoms with Gasteiger partial charge in [0.25, 0.3) is 0 Å². The van der Waals surface area contributed by atoms with Gasteiger partial charge in [0.1, 0.15) is 5.75 Å². The summed E-state index contributed by atoms with van der Waals surface area (Å²) >= 11 is 0. The van der Waals surface area contributed by atoms with E-state index in [-0.39, 0.29) is 18.2 Å². The minimum atomic E-state index is -0.0145. The SMILES string of the molecule is COc1cccc([C@@H]2C[C@@H]2c2nc(CC(=O)NC3CCCC3)no2)c1. The second-order valence-corrected chi connectivity index (χ2v) is 7.00. The first-order valence-electron chi connectivity index (χ1n) is 8.98. The van der Waals surface area contributed by atoms with Gasteiger partial charge >= 0.3 is 0 Å². The second-order valence-electron chi connectivity index (χ2n) is 7.00. The third-order valence-electron chi connectivity index (χ3n) is 5.15. The van der Waals surface area contributed by atoms with Crippen molar-refractivity contribution in [3.63, 3.8) is 0 Å². The van der Waals surface area contributed by atoms with Crippen molar-refractivity contribution in [2.75, 3.05) is 7.11 Å². The van der Waals surface area contributed by atoms with Crippen LogP contribution in [-0.2, 0) is 11.2 Å². The zero-order valence-electron chi connectivity index (χ0n) is 14.4. The van der Waals surface area contributed by atoms with Gasteiger partial charge < -0.3 is 14.6 Å². The first kappa shape index (κ1) is 16.1. The van der Waals surface area contributed by atoms with E-state index in [4.69, 9.17) is 9.26 Å². The van der Waals surface area contributed by atoms with E-state index in [0.717, 1.165) is 25.0 Å². The topological polar surface area (TPSA) is 77.2 Å². The standard InChI is InChI=1S/C19H23N3O3/c1-24-14-8-4-5-12(9-14)15-10-16(15)19-21-17(22-25-19)11-18(23)20-13-6-2-3-7-13/h4-5,8-9,13,15-16H,2-3,6-7,10-11H2,1H3,(H,20,23)/t15-,16-/m0/s1. The number of amides is 1. The Labute approximate surface area is 147 Å². The minimum Gasteiger partial charge on any atom is -0.497 e. The summed E-state index contributed by atoms with van der Waals surface area (Å²) in [6.07, 6.45) is 5.73. The summed E-state index contributed by atoms with van der Waals surface area (Å²) < 4.78 is 10.7. The van der Waals surface area contributed by atoms with Crippen LogP contribution in [0.3, 0.4) is 0 Å². The van der Waals surface area contributed by atoms with E-state index in [9.17, 15) is 4.79 Å². The lowest BCUT2D eigenvalue weighted by molar-refractivity contribution is -0.121.